The van der Waals surface area contributed by atoms with Crippen LogP contribution in [0.15, 0.2) is 36.6 Å². The summed E-state index contributed by atoms with van der Waals surface area (Å²) < 4.78 is 5.12. The van der Waals surface area contributed by atoms with Gasteiger partial charge in [-0.1, -0.05) is 39.5 Å². The standard InChI is InChI=1S/C13H21NO2/c1-5-7-9-12(8-6-2)16-13(15)14-10-11(3)4/h5,7-9,11H,1,6,10H2,2-4H3,(H,14,15)/b9-7-,12-8+. The number of hydrogen-bond acceptors (Lipinski definition) is 2. The molecule has 0 unspecified atom stereocenters. The molecular formula is C13H21NO2. The van der Waals surface area contributed by atoms with Gasteiger partial charge < -0.3 is 10.1 Å². The number of amides is 1. The van der Waals surface area contributed by atoms with Gasteiger partial charge in [0.25, 0.3) is 0 Å². The predicted molar refractivity (Wildman–Crippen MR) is 67.0 cm³/mol. The summed E-state index contributed by atoms with van der Waals surface area (Å²) in [6, 6.07) is 0. The lowest BCUT2D eigenvalue weighted by atomic mass is 10.2. The van der Waals surface area contributed by atoms with Crippen molar-refractivity contribution in [2.45, 2.75) is 27.2 Å². The molecule has 0 aromatic rings. The lowest BCUT2D eigenvalue weighted by molar-refractivity contribution is 0.177. The van der Waals surface area contributed by atoms with Crippen LogP contribution in [0.25, 0.3) is 0 Å². The molecule has 16 heavy (non-hydrogen) atoms. The van der Waals surface area contributed by atoms with E-state index in [1.54, 1.807) is 18.2 Å². The minimum absolute atomic E-state index is 0.412. The van der Waals surface area contributed by atoms with Crippen LogP contribution in [-0.2, 0) is 4.74 Å². The normalized spacial score (nSPS) is 11.9. The van der Waals surface area contributed by atoms with Crippen molar-refractivity contribution >= 4 is 6.09 Å². The van der Waals surface area contributed by atoms with Gasteiger partial charge in [0.05, 0.1) is 0 Å². The highest BCUT2D eigenvalue weighted by Crippen LogP contribution is 2.02. The maximum atomic E-state index is 11.4. The van der Waals surface area contributed by atoms with Crippen molar-refractivity contribution in [3.63, 3.8) is 0 Å². The van der Waals surface area contributed by atoms with Crippen LogP contribution in [0.3, 0.4) is 0 Å². The van der Waals surface area contributed by atoms with Crippen LogP contribution >= 0.6 is 0 Å². The van der Waals surface area contributed by atoms with E-state index in [9.17, 15) is 4.79 Å². The number of nitrogens with one attached hydrogen (secondary N) is 1. The molecule has 0 aliphatic carbocycles. The Hall–Kier alpha value is -1.51. The van der Waals surface area contributed by atoms with Gasteiger partial charge in [0.1, 0.15) is 5.76 Å². The first-order chi connectivity index (χ1) is 7.60. The Morgan fingerprint density at radius 2 is 2.19 bits per heavy atom. The zero-order valence-electron chi connectivity index (χ0n) is 10.3. The third-order valence-corrected chi connectivity index (χ3v) is 1.67. The van der Waals surface area contributed by atoms with Crippen molar-refractivity contribution in [1.29, 1.82) is 0 Å². The van der Waals surface area contributed by atoms with E-state index in [4.69, 9.17) is 4.74 Å². The molecule has 0 rings (SSSR count). The maximum Gasteiger partial charge on any atom is 0.412 e. The molecule has 3 heteroatoms. The van der Waals surface area contributed by atoms with Crippen LogP contribution in [0.2, 0.25) is 0 Å². The van der Waals surface area contributed by atoms with Gasteiger partial charge in [0.15, 0.2) is 0 Å². The summed E-state index contributed by atoms with van der Waals surface area (Å²) in [6.07, 6.45) is 7.33. The SMILES string of the molecule is C=C/C=C\C(=C/CC)OC(=O)NCC(C)C. The summed E-state index contributed by atoms with van der Waals surface area (Å²) in [5.41, 5.74) is 0. The van der Waals surface area contributed by atoms with E-state index < -0.39 is 6.09 Å². The summed E-state index contributed by atoms with van der Waals surface area (Å²) in [7, 11) is 0. The van der Waals surface area contributed by atoms with Crippen LogP contribution in [0.5, 0.6) is 0 Å². The van der Waals surface area contributed by atoms with E-state index in [2.05, 4.69) is 11.9 Å². The Morgan fingerprint density at radius 3 is 2.69 bits per heavy atom. The summed E-state index contributed by atoms with van der Waals surface area (Å²) in [5, 5.41) is 2.69. The molecule has 0 radical (unpaired) electrons. The molecule has 0 saturated carbocycles. The zero-order chi connectivity index (χ0) is 12.4. The van der Waals surface area contributed by atoms with Crippen LogP contribution in [-0.4, -0.2) is 12.6 Å². The van der Waals surface area contributed by atoms with E-state index in [-0.39, 0.29) is 0 Å². The summed E-state index contributed by atoms with van der Waals surface area (Å²) in [6.45, 7) is 10.2. The number of hydrogen-bond donors (Lipinski definition) is 1. The molecule has 0 atom stereocenters. The average molecular weight is 223 g/mol. The molecule has 0 aromatic heterocycles. The topological polar surface area (TPSA) is 38.3 Å². The smallest absolute Gasteiger partial charge is 0.411 e. The molecule has 0 heterocycles. The van der Waals surface area contributed by atoms with Gasteiger partial charge in [-0.05, 0) is 24.5 Å². The van der Waals surface area contributed by atoms with Gasteiger partial charge in [-0.15, -0.1) is 0 Å². The van der Waals surface area contributed by atoms with Crippen LogP contribution < -0.4 is 5.32 Å². The van der Waals surface area contributed by atoms with Crippen molar-refractivity contribution in [3.05, 3.63) is 36.6 Å². The Labute approximate surface area is 97.9 Å². The maximum absolute atomic E-state index is 11.4. The van der Waals surface area contributed by atoms with E-state index in [0.717, 1.165) is 6.42 Å². The highest BCUT2D eigenvalue weighted by Gasteiger charge is 2.04. The quantitative estimate of drug-likeness (QED) is 0.553. The molecule has 0 aliphatic heterocycles. The van der Waals surface area contributed by atoms with E-state index in [1.165, 1.54) is 0 Å². The van der Waals surface area contributed by atoms with E-state index in [0.29, 0.717) is 18.2 Å². The van der Waals surface area contributed by atoms with Crippen LogP contribution in [0.1, 0.15) is 27.2 Å². The van der Waals surface area contributed by atoms with E-state index in [1.807, 2.05) is 26.8 Å². The lowest BCUT2D eigenvalue weighted by Gasteiger charge is -2.08. The van der Waals surface area contributed by atoms with Crippen molar-refractivity contribution in [1.82, 2.24) is 5.32 Å². The molecule has 0 aliphatic rings. The fourth-order valence-electron chi connectivity index (χ4n) is 0.938. The molecular weight excluding hydrogens is 202 g/mol. The third kappa shape index (κ3) is 7.85. The minimum Gasteiger partial charge on any atom is -0.411 e. The van der Waals surface area contributed by atoms with E-state index >= 15 is 0 Å². The van der Waals surface area contributed by atoms with Crippen LogP contribution in [0, 0.1) is 5.92 Å². The van der Waals surface area contributed by atoms with Crippen molar-refractivity contribution in [3.8, 4) is 0 Å². The van der Waals surface area contributed by atoms with Gasteiger partial charge in [-0.3, -0.25) is 0 Å². The zero-order valence-corrected chi connectivity index (χ0v) is 10.3. The summed E-state index contributed by atoms with van der Waals surface area (Å²) in [4.78, 5) is 11.4. The fraction of sp³-hybridized carbons (Fsp3) is 0.462. The molecule has 0 bridgehead atoms. The molecule has 1 amide bonds. The highest BCUT2D eigenvalue weighted by molar-refractivity contribution is 5.68. The first-order valence-corrected chi connectivity index (χ1v) is 5.55. The fourth-order valence-corrected chi connectivity index (χ4v) is 0.938. The largest absolute Gasteiger partial charge is 0.412 e. The number of carbonyl (C=O) groups is 1. The van der Waals surface area contributed by atoms with Gasteiger partial charge in [0.2, 0.25) is 0 Å². The number of allylic oxidation sites excluding steroid dienone is 4. The van der Waals surface area contributed by atoms with Gasteiger partial charge in [-0.25, -0.2) is 4.79 Å². The summed E-state index contributed by atoms with van der Waals surface area (Å²) in [5.74, 6) is 0.957. The second-order valence-corrected chi connectivity index (χ2v) is 3.77. The number of ether oxygens (including phenoxy) is 1. The predicted octanol–water partition coefficient (Wildman–Crippen LogP) is 3.40. The van der Waals surface area contributed by atoms with Crippen molar-refractivity contribution in [2.24, 2.45) is 5.92 Å². The third-order valence-electron chi connectivity index (χ3n) is 1.67. The lowest BCUT2D eigenvalue weighted by Crippen LogP contribution is -2.27. The monoisotopic (exact) mass is 223 g/mol. The van der Waals surface area contributed by atoms with Crippen molar-refractivity contribution < 1.29 is 9.53 Å². The van der Waals surface area contributed by atoms with Crippen molar-refractivity contribution in [2.75, 3.05) is 6.54 Å². The molecule has 3 nitrogen and oxygen atoms in total. The molecule has 0 fully saturated rings. The average Bonchev–Trinajstić information content (AvgIpc) is 2.23. The number of alkyl carbamates (subject to hydrolysis) is 1. The first-order valence-electron chi connectivity index (χ1n) is 5.55. The summed E-state index contributed by atoms with van der Waals surface area (Å²) >= 11 is 0. The number of carbonyl (C=O) groups excluding carboxylic acids is 1. The Morgan fingerprint density at radius 1 is 1.50 bits per heavy atom. The first kappa shape index (κ1) is 14.5. The molecule has 0 saturated heterocycles. The Kier molecular flexibility index (Phi) is 7.94. The molecule has 90 valence electrons. The Bertz CT molecular complexity index is 278. The number of rotatable bonds is 6. The molecule has 1 N–H and O–H groups in total. The Balaban J connectivity index is 4.19. The van der Waals surface area contributed by atoms with Gasteiger partial charge in [0, 0.05) is 6.54 Å². The van der Waals surface area contributed by atoms with Gasteiger partial charge in [-0.2, -0.15) is 0 Å². The minimum atomic E-state index is -0.415. The molecule has 0 aromatic carbocycles. The molecule has 0 spiro atoms. The highest BCUT2D eigenvalue weighted by atomic mass is 16.6. The second kappa shape index (κ2) is 8.77. The van der Waals surface area contributed by atoms with Gasteiger partial charge >= 0.3 is 6.09 Å². The van der Waals surface area contributed by atoms with Crippen LogP contribution in [0.4, 0.5) is 4.79 Å². The second-order valence-electron chi connectivity index (χ2n) is 3.77.